The van der Waals surface area contributed by atoms with Gasteiger partial charge in [0.2, 0.25) is 6.23 Å². The van der Waals surface area contributed by atoms with Crippen molar-refractivity contribution in [2.45, 2.75) is 25.1 Å². The van der Waals surface area contributed by atoms with Crippen LogP contribution in [0.4, 0.5) is 0 Å². The smallest absolute Gasteiger partial charge is 0.203 e. The van der Waals surface area contributed by atoms with E-state index in [4.69, 9.17) is 21.2 Å². The van der Waals surface area contributed by atoms with Crippen molar-refractivity contribution >= 4 is 22.6 Å². The van der Waals surface area contributed by atoms with Crippen molar-refractivity contribution in [1.82, 2.24) is 24.8 Å². The zero-order chi connectivity index (χ0) is 30.5. The second kappa shape index (κ2) is 10.8. The van der Waals surface area contributed by atoms with Crippen LogP contribution in [-0.4, -0.2) is 32.0 Å². The van der Waals surface area contributed by atoms with Gasteiger partial charge >= 0.3 is 0 Å². The molecule has 0 amide bonds. The summed E-state index contributed by atoms with van der Waals surface area (Å²) in [5, 5.41) is 4.56. The predicted molar refractivity (Wildman–Crippen MR) is 178 cm³/mol. The second-order valence-electron chi connectivity index (χ2n) is 11.5. The number of aromatic nitrogens is 4. The summed E-state index contributed by atoms with van der Waals surface area (Å²) < 4.78 is 9.19. The lowest BCUT2D eigenvalue weighted by atomic mass is 10.0. The van der Waals surface area contributed by atoms with Gasteiger partial charge in [-0.2, -0.15) is 0 Å². The third-order valence-electron chi connectivity index (χ3n) is 8.65. The molecule has 3 aromatic heterocycles. The van der Waals surface area contributed by atoms with E-state index in [1.54, 1.807) is 0 Å². The molecular formula is C36H32N8O. The lowest BCUT2D eigenvalue weighted by Gasteiger charge is -2.31. The molecule has 2 unspecified atom stereocenters. The number of aliphatic imine (C=N–C) groups is 1. The van der Waals surface area contributed by atoms with Crippen LogP contribution < -0.4 is 21.5 Å². The van der Waals surface area contributed by atoms with E-state index in [1.807, 2.05) is 36.8 Å². The second-order valence-corrected chi connectivity index (χ2v) is 11.5. The lowest BCUT2D eigenvalue weighted by molar-refractivity contribution is 0.173. The maximum absolute atomic E-state index is 6.93. The minimum Gasteiger partial charge on any atom is -0.465 e. The summed E-state index contributed by atoms with van der Waals surface area (Å²) >= 11 is 0. The number of hydrogen-bond donors (Lipinski definition) is 4. The van der Waals surface area contributed by atoms with Crippen LogP contribution in [0.1, 0.15) is 42.1 Å². The van der Waals surface area contributed by atoms with Crippen LogP contribution in [0, 0.1) is 0 Å². The van der Waals surface area contributed by atoms with E-state index in [9.17, 15) is 0 Å². The molecule has 2 atom stereocenters. The summed E-state index contributed by atoms with van der Waals surface area (Å²) in [7, 11) is 0. The molecule has 6 N–H and O–H groups in total. The molecule has 1 fully saturated rings. The quantitative estimate of drug-likeness (QED) is 0.131. The normalized spacial score (nSPS) is 17.0. The zero-order valence-electron chi connectivity index (χ0n) is 24.6. The van der Waals surface area contributed by atoms with Crippen LogP contribution in [0.15, 0.2) is 109 Å². The molecule has 0 bridgehead atoms. The largest absolute Gasteiger partial charge is 0.465 e. The summed E-state index contributed by atoms with van der Waals surface area (Å²) in [6.07, 6.45) is 7.38. The van der Waals surface area contributed by atoms with Crippen LogP contribution in [0.25, 0.3) is 50.2 Å². The van der Waals surface area contributed by atoms with E-state index >= 15 is 0 Å². The molecule has 8 rings (SSSR count). The minimum atomic E-state index is -0.409. The number of guanidine groups is 1. The number of benzene rings is 3. The summed E-state index contributed by atoms with van der Waals surface area (Å²) in [6, 6.07) is 27.5. The Morgan fingerprint density at radius 2 is 1.84 bits per heavy atom. The summed E-state index contributed by atoms with van der Waals surface area (Å²) in [4.78, 5) is 16.6. The van der Waals surface area contributed by atoms with Crippen LogP contribution in [0.2, 0.25) is 0 Å². The van der Waals surface area contributed by atoms with E-state index < -0.39 is 6.23 Å². The SMILES string of the molecule is C=C(N=C(N)N)c1ccc2c(c1)cc1n2C(c2cccc(-c3ccncc3)c2)Oc2cc(-c3cnc(C4CCCN4)[nH]3)ccc2-1. The van der Waals surface area contributed by atoms with Gasteiger partial charge in [-0.1, -0.05) is 36.9 Å². The van der Waals surface area contributed by atoms with Gasteiger partial charge in [0, 0.05) is 40.0 Å². The fourth-order valence-corrected chi connectivity index (χ4v) is 6.48. The average molecular weight is 593 g/mol. The van der Waals surface area contributed by atoms with Gasteiger partial charge in [0.15, 0.2) is 5.96 Å². The molecule has 0 saturated carbocycles. The van der Waals surface area contributed by atoms with Gasteiger partial charge in [-0.25, -0.2) is 9.98 Å². The number of rotatable bonds is 6. The van der Waals surface area contributed by atoms with Crippen molar-refractivity contribution in [1.29, 1.82) is 0 Å². The van der Waals surface area contributed by atoms with E-state index in [0.717, 1.165) is 86.6 Å². The number of pyridine rings is 1. The van der Waals surface area contributed by atoms with E-state index in [-0.39, 0.29) is 12.0 Å². The monoisotopic (exact) mass is 592 g/mol. The molecule has 0 spiro atoms. The molecule has 3 aromatic carbocycles. The molecule has 9 nitrogen and oxygen atoms in total. The molecule has 0 radical (unpaired) electrons. The first-order valence-electron chi connectivity index (χ1n) is 15.1. The van der Waals surface area contributed by atoms with Crippen molar-refractivity contribution in [2.24, 2.45) is 16.5 Å². The number of fused-ring (bicyclic) bond motifs is 5. The Balaban J connectivity index is 1.26. The Hall–Kier alpha value is -5.67. The maximum atomic E-state index is 6.93. The van der Waals surface area contributed by atoms with Crippen molar-refractivity contribution in [2.75, 3.05) is 6.54 Å². The average Bonchev–Trinajstić information content (AvgIpc) is 3.84. The van der Waals surface area contributed by atoms with Gasteiger partial charge in [-0.3, -0.25) is 4.98 Å². The minimum absolute atomic E-state index is 0.0209. The summed E-state index contributed by atoms with van der Waals surface area (Å²) in [6.45, 7) is 5.08. The molecular weight excluding hydrogens is 560 g/mol. The Bertz CT molecular complexity index is 2100. The predicted octanol–water partition coefficient (Wildman–Crippen LogP) is 6.37. The van der Waals surface area contributed by atoms with Gasteiger partial charge in [-0.15, -0.1) is 0 Å². The topological polar surface area (TPSA) is 132 Å². The number of imidazole rings is 1. The third-order valence-corrected chi connectivity index (χ3v) is 8.65. The molecule has 45 heavy (non-hydrogen) atoms. The summed E-state index contributed by atoms with van der Waals surface area (Å²) in [5.74, 6) is 1.76. The van der Waals surface area contributed by atoms with Crippen LogP contribution in [0.5, 0.6) is 5.75 Å². The standard InChI is InChI=1S/C36H32N8O/c1-21(42-36(37)38)23-8-10-31-27(16-23)18-32-28-9-7-25(30-20-41-34(43-30)29-6-3-13-40-29)19-33(28)45-35(44(31)32)26-5-2-4-24(17-26)22-11-14-39-15-12-22/h2,4-5,7-12,14-20,29,35,40H,1,3,6,13H2,(H,41,43)(H4,37,38,42). The Kier molecular flexibility index (Phi) is 6.46. The molecule has 222 valence electrons. The summed E-state index contributed by atoms with van der Waals surface area (Å²) in [5.41, 5.74) is 20.9. The van der Waals surface area contributed by atoms with E-state index in [0.29, 0.717) is 5.70 Å². The number of nitrogens with two attached hydrogens (primary N) is 2. The van der Waals surface area contributed by atoms with Gasteiger partial charge in [0.25, 0.3) is 0 Å². The molecule has 1 saturated heterocycles. The Morgan fingerprint density at radius 3 is 2.67 bits per heavy atom. The first-order chi connectivity index (χ1) is 22.0. The van der Waals surface area contributed by atoms with E-state index in [2.05, 4.69) is 92.1 Å². The van der Waals surface area contributed by atoms with Crippen LogP contribution in [0.3, 0.4) is 0 Å². The first-order valence-corrected chi connectivity index (χ1v) is 15.1. The van der Waals surface area contributed by atoms with Gasteiger partial charge in [-0.05, 0) is 79.0 Å². The number of H-pyrrole nitrogens is 1. The van der Waals surface area contributed by atoms with Crippen LogP contribution >= 0.6 is 0 Å². The number of nitrogens with one attached hydrogen (secondary N) is 2. The molecule has 2 aliphatic rings. The number of hydrogen-bond acceptors (Lipinski definition) is 5. The van der Waals surface area contributed by atoms with Crippen molar-refractivity contribution < 1.29 is 4.74 Å². The molecule has 9 heteroatoms. The highest BCUT2D eigenvalue weighted by atomic mass is 16.5. The number of ether oxygens (including phenoxy) is 1. The number of aromatic amines is 1. The lowest BCUT2D eigenvalue weighted by Crippen LogP contribution is -2.22. The van der Waals surface area contributed by atoms with Crippen molar-refractivity contribution in [3.8, 4) is 39.4 Å². The highest BCUT2D eigenvalue weighted by Crippen LogP contribution is 2.46. The van der Waals surface area contributed by atoms with E-state index in [1.165, 1.54) is 0 Å². The van der Waals surface area contributed by atoms with Gasteiger partial charge in [0.05, 0.1) is 34.8 Å². The molecule has 0 aliphatic carbocycles. The van der Waals surface area contributed by atoms with Crippen LogP contribution in [-0.2, 0) is 0 Å². The molecule has 6 aromatic rings. The highest BCUT2D eigenvalue weighted by Gasteiger charge is 2.30. The van der Waals surface area contributed by atoms with Gasteiger partial charge in [0.1, 0.15) is 11.6 Å². The highest BCUT2D eigenvalue weighted by molar-refractivity contribution is 5.93. The molecule has 2 aliphatic heterocycles. The molecule has 5 heterocycles. The fourth-order valence-electron chi connectivity index (χ4n) is 6.48. The van der Waals surface area contributed by atoms with Gasteiger partial charge < -0.3 is 31.1 Å². The zero-order valence-corrected chi connectivity index (χ0v) is 24.6. The fraction of sp³-hybridized carbons (Fsp3) is 0.139. The Morgan fingerprint density at radius 1 is 0.956 bits per heavy atom. The van der Waals surface area contributed by atoms with Crippen molar-refractivity contribution in [3.05, 3.63) is 121 Å². The first kappa shape index (κ1) is 26.9. The number of nitrogens with zero attached hydrogens (tertiary/aromatic N) is 4. The third kappa shape index (κ3) is 4.83. The Labute approximate surface area is 260 Å². The maximum Gasteiger partial charge on any atom is 0.203 e. The van der Waals surface area contributed by atoms with Crippen molar-refractivity contribution in [3.63, 3.8) is 0 Å².